The Morgan fingerprint density at radius 1 is 1.26 bits per heavy atom. The van der Waals surface area contributed by atoms with Crippen LogP contribution < -0.4 is 10.6 Å². The molecular weight excluding hydrogens is 308 g/mol. The molecule has 0 atom stereocenters. The summed E-state index contributed by atoms with van der Waals surface area (Å²) in [7, 11) is 0. The van der Waals surface area contributed by atoms with E-state index in [-0.39, 0.29) is 12.0 Å². The fraction of sp³-hybridized carbons (Fsp3) is 0.765. The van der Waals surface area contributed by atoms with E-state index in [9.17, 15) is 5.11 Å². The molecule has 0 aliphatic heterocycles. The average Bonchev–Trinajstić information content (AvgIpc) is 3.04. The largest absolute Gasteiger partial charge is 0.396 e. The maximum absolute atomic E-state index is 9.33. The minimum Gasteiger partial charge on any atom is -0.396 e. The predicted octanol–water partition coefficient (Wildman–Crippen LogP) is 2.95. The van der Waals surface area contributed by atoms with Crippen molar-refractivity contribution in [2.45, 2.75) is 59.9 Å². The highest BCUT2D eigenvalue weighted by molar-refractivity contribution is 7.09. The van der Waals surface area contributed by atoms with Crippen LogP contribution in [0.3, 0.4) is 0 Å². The summed E-state index contributed by atoms with van der Waals surface area (Å²) < 4.78 is 0. The van der Waals surface area contributed by atoms with E-state index >= 15 is 0 Å². The number of nitrogens with one attached hydrogen (secondary N) is 2. The molecule has 1 rings (SSSR count). The highest BCUT2D eigenvalue weighted by Crippen LogP contribution is 2.29. The van der Waals surface area contributed by atoms with Crippen LogP contribution in [0.5, 0.6) is 0 Å². The van der Waals surface area contributed by atoms with Crippen molar-refractivity contribution in [1.82, 2.24) is 15.6 Å². The molecule has 0 aromatic carbocycles. The maximum Gasteiger partial charge on any atom is 0.191 e. The van der Waals surface area contributed by atoms with Crippen LogP contribution in [0, 0.1) is 5.41 Å². The predicted molar refractivity (Wildman–Crippen MR) is 99.0 cm³/mol. The fourth-order valence-corrected chi connectivity index (χ4v) is 3.27. The van der Waals surface area contributed by atoms with Crippen LogP contribution >= 0.6 is 11.3 Å². The third-order valence-electron chi connectivity index (χ3n) is 4.42. The van der Waals surface area contributed by atoms with Crippen molar-refractivity contribution in [2.24, 2.45) is 10.4 Å². The summed E-state index contributed by atoms with van der Waals surface area (Å²) in [6.07, 6.45) is 3.88. The summed E-state index contributed by atoms with van der Waals surface area (Å²) in [5, 5.41) is 19.3. The SMILES string of the molecule is CCNC(=NCc1csc(CC)n1)NCC(CC)(CC)CCO. The first-order valence-corrected chi connectivity index (χ1v) is 9.57. The molecular formula is C17H32N4OS. The first-order valence-electron chi connectivity index (χ1n) is 8.69. The molecule has 0 aliphatic carbocycles. The molecule has 0 spiro atoms. The van der Waals surface area contributed by atoms with Gasteiger partial charge < -0.3 is 15.7 Å². The van der Waals surface area contributed by atoms with Crippen LogP contribution in [-0.4, -0.2) is 35.7 Å². The lowest BCUT2D eigenvalue weighted by atomic mass is 9.79. The number of nitrogens with zero attached hydrogens (tertiary/aromatic N) is 2. The Bertz CT molecular complexity index is 469. The zero-order chi connectivity index (χ0) is 17.1. The minimum atomic E-state index is 0.126. The van der Waals surface area contributed by atoms with E-state index in [4.69, 9.17) is 0 Å². The van der Waals surface area contributed by atoms with E-state index in [1.165, 1.54) is 0 Å². The zero-order valence-corrected chi connectivity index (χ0v) is 15.8. The Morgan fingerprint density at radius 3 is 2.52 bits per heavy atom. The highest BCUT2D eigenvalue weighted by atomic mass is 32.1. The second-order valence-electron chi connectivity index (χ2n) is 5.82. The first kappa shape index (κ1) is 19.9. The van der Waals surface area contributed by atoms with Crippen molar-refractivity contribution in [3.8, 4) is 0 Å². The van der Waals surface area contributed by atoms with Gasteiger partial charge in [0.2, 0.25) is 0 Å². The van der Waals surface area contributed by atoms with Gasteiger partial charge in [0.1, 0.15) is 0 Å². The van der Waals surface area contributed by atoms with E-state index < -0.39 is 0 Å². The van der Waals surface area contributed by atoms with Gasteiger partial charge in [-0.15, -0.1) is 11.3 Å². The van der Waals surface area contributed by atoms with Gasteiger partial charge in [-0.1, -0.05) is 20.8 Å². The van der Waals surface area contributed by atoms with Crippen molar-refractivity contribution in [3.05, 3.63) is 16.1 Å². The van der Waals surface area contributed by atoms with Gasteiger partial charge in [-0.25, -0.2) is 9.98 Å². The molecule has 3 N–H and O–H groups in total. The Hall–Kier alpha value is -1.14. The number of guanidine groups is 1. The molecule has 6 heteroatoms. The number of aliphatic hydroxyl groups excluding tert-OH is 1. The molecule has 0 radical (unpaired) electrons. The summed E-state index contributed by atoms with van der Waals surface area (Å²) in [4.78, 5) is 9.19. The lowest BCUT2D eigenvalue weighted by Crippen LogP contribution is -2.43. The third-order valence-corrected chi connectivity index (χ3v) is 5.46. The fourth-order valence-electron chi connectivity index (χ4n) is 2.54. The van der Waals surface area contributed by atoms with Crippen molar-refractivity contribution in [1.29, 1.82) is 0 Å². The summed E-state index contributed by atoms with van der Waals surface area (Å²) in [5.74, 6) is 0.822. The molecule has 0 amide bonds. The van der Waals surface area contributed by atoms with Crippen LogP contribution in [0.4, 0.5) is 0 Å². The lowest BCUT2D eigenvalue weighted by Gasteiger charge is -2.32. The third kappa shape index (κ3) is 6.47. The minimum absolute atomic E-state index is 0.126. The van der Waals surface area contributed by atoms with Crippen molar-refractivity contribution < 1.29 is 5.11 Å². The lowest BCUT2D eigenvalue weighted by molar-refractivity contribution is 0.169. The number of aliphatic hydroxyl groups is 1. The normalized spacial score (nSPS) is 12.5. The topological polar surface area (TPSA) is 69.5 Å². The molecule has 0 fully saturated rings. The van der Waals surface area contributed by atoms with Gasteiger partial charge in [-0.05, 0) is 38.0 Å². The first-order chi connectivity index (χ1) is 11.1. The molecule has 0 aliphatic rings. The zero-order valence-electron chi connectivity index (χ0n) is 15.0. The van der Waals surface area contributed by atoms with Crippen LogP contribution in [0.25, 0.3) is 0 Å². The smallest absolute Gasteiger partial charge is 0.191 e. The van der Waals surface area contributed by atoms with E-state index in [0.29, 0.717) is 6.54 Å². The van der Waals surface area contributed by atoms with Crippen LogP contribution in [0.15, 0.2) is 10.4 Å². The number of rotatable bonds is 10. The van der Waals surface area contributed by atoms with Crippen molar-refractivity contribution >= 4 is 17.3 Å². The number of hydrogen-bond acceptors (Lipinski definition) is 4. The summed E-state index contributed by atoms with van der Waals surface area (Å²) >= 11 is 1.70. The Morgan fingerprint density at radius 2 is 2.00 bits per heavy atom. The second kappa shape index (κ2) is 10.6. The Labute approximate surface area is 144 Å². The van der Waals surface area contributed by atoms with Gasteiger partial charge in [0.05, 0.1) is 17.2 Å². The maximum atomic E-state index is 9.33. The number of aromatic nitrogens is 1. The molecule has 0 unspecified atom stereocenters. The van der Waals surface area contributed by atoms with Crippen LogP contribution in [0.2, 0.25) is 0 Å². The number of hydrogen-bond donors (Lipinski definition) is 3. The van der Waals surface area contributed by atoms with Crippen LogP contribution in [-0.2, 0) is 13.0 Å². The average molecular weight is 341 g/mol. The quantitative estimate of drug-likeness (QED) is 0.452. The number of aryl methyl sites for hydroxylation is 1. The molecule has 0 bridgehead atoms. The van der Waals surface area contributed by atoms with Crippen molar-refractivity contribution in [3.63, 3.8) is 0 Å². The Balaban J connectivity index is 2.67. The highest BCUT2D eigenvalue weighted by Gasteiger charge is 2.25. The van der Waals surface area contributed by atoms with Gasteiger partial charge in [-0.3, -0.25) is 0 Å². The number of thiazole rings is 1. The van der Waals surface area contributed by atoms with E-state index in [0.717, 1.165) is 55.4 Å². The molecule has 1 heterocycles. The van der Waals surface area contributed by atoms with Gasteiger partial charge in [0.25, 0.3) is 0 Å². The summed E-state index contributed by atoms with van der Waals surface area (Å²) in [6.45, 7) is 11.0. The second-order valence-corrected chi connectivity index (χ2v) is 6.76. The Kier molecular flexibility index (Phi) is 9.17. The van der Waals surface area contributed by atoms with Gasteiger partial charge >= 0.3 is 0 Å². The van der Waals surface area contributed by atoms with E-state index in [1.807, 2.05) is 0 Å². The van der Waals surface area contributed by atoms with Gasteiger partial charge in [0.15, 0.2) is 5.96 Å². The van der Waals surface area contributed by atoms with E-state index in [2.05, 4.69) is 53.7 Å². The van der Waals surface area contributed by atoms with Gasteiger partial charge in [0, 0.05) is 25.1 Å². The summed E-state index contributed by atoms with van der Waals surface area (Å²) in [5.41, 5.74) is 1.15. The molecule has 1 aromatic rings. The molecule has 132 valence electrons. The van der Waals surface area contributed by atoms with E-state index in [1.54, 1.807) is 11.3 Å². The molecule has 5 nitrogen and oxygen atoms in total. The molecule has 1 aromatic heterocycles. The van der Waals surface area contributed by atoms with Crippen molar-refractivity contribution in [2.75, 3.05) is 19.7 Å². The van der Waals surface area contributed by atoms with Gasteiger partial charge in [-0.2, -0.15) is 0 Å². The molecule has 0 saturated heterocycles. The monoisotopic (exact) mass is 340 g/mol. The summed E-state index contributed by atoms with van der Waals surface area (Å²) in [6, 6.07) is 0. The molecule has 23 heavy (non-hydrogen) atoms. The molecule has 0 saturated carbocycles. The standard InChI is InChI=1S/C17H32N4OS/c1-5-15-21-14(12-23-15)11-19-16(18-8-4)20-13-17(6-2,7-3)9-10-22/h12,22H,5-11,13H2,1-4H3,(H2,18,19,20). The number of aliphatic imine (C=N–C) groups is 1. The van der Waals surface area contributed by atoms with Crippen LogP contribution in [0.1, 0.15) is 57.7 Å².